The Hall–Kier alpha value is -3.13. The summed E-state index contributed by atoms with van der Waals surface area (Å²) in [5.74, 6) is 4.43. The quantitative estimate of drug-likeness (QED) is 0.573. The number of hydrogen-bond acceptors (Lipinski definition) is 7. The molecule has 1 unspecified atom stereocenters. The third-order valence-corrected chi connectivity index (χ3v) is 7.24. The van der Waals surface area contributed by atoms with Gasteiger partial charge in [0, 0.05) is 32.7 Å². The largest absolute Gasteiger partial charge is 0.476 e. The Kier molecular flexibility index (Phi) is 5.17. The van der Waals surface area contributed by atoms with Gasteiger partial charge >= 0.3 is 0 Å². The molecule has 8 nitrogen and oxygen atoms in total. The normalized spacial score (nSPS) is 23.8. The lowest BCUT2D eigenvalue weighted by Gasteiger charge is -2.19. The molecule has 3 aliphatic rings. The van der Waals surface area contributed by atoms with E-state index in [0.717, 1.165) is 59.9 Å². The predicted molar refractivity (Wildman–Crippen MR) is 122 cm³/mol. The molecular weight excluding hydrogens is 418 g/mol. The van der Waals surface area contributed by atoms with Crippen molar-refractivity contribution in [2.75, 3.05) is 26.5 Å². The van der Waals surface area contributed by atoms with E-state index in [1.54, 1.807) is 0 Å². The molecule has 0 spiro atoms. The zero-order valence-corrected chi connectivity index (χ0v) is 19.1. The second-order valence-electron chi connectivity index (χ2n) is 9.61. The van der Waals surface area contributed by atoms with Crippen LogP contribution in [0.4, 0.5) is 0 Å². The van der Waals surface area contributed by atoms with Gasteiger partial charge in [-0.05, 0) is 66.8 Å². The number of benzene rings is 1. The van der Waals surface area contributed by atoms with Crippen molar-refractivity contribution in [1.82, 2.24) is 24.9 Å². The van der Waals surface area contributed by atoms with Crippen molar-refractivity contribution in [3.8, 4) is 28.8 Å². The molecule has 1 saturated heterocycles. The summed E-state index contributed by atoms with van der Waals surface area (Å²) in [5, 5.41) is 12.9. The Balaban J connectivity index is 0.994. The number of nitrogens with zero attached hydrogens (tertiary/aromatic N) is 5. The molecule has 3 aromatic rings. The number of aromatic nitrogens is 4. The second kappa shape index (κ2) is 8.33. The zero-order chi connectivity index (χ0) is 22.4. The van der Waals surface area contributed by atoms with Crippen LogP contribution in [0.25, 0.3) is 11.4 Å². The third kappa shape index (κ3) is 4.04. The number of hydrogen-bond donors (Lipinski definition) is 0. The molecule has 1 aromatic carbocycles. The van der Waals surface area contributed by atoms with E-state index in [1.165, 1.54) is 18.4 Å². The van der Waals surface area contributed by atoms with Crippen molar-refractivity contribution < 1.29 is 14.2 Å². The van der Waals surface area contributed by atoms with Gasteiger partial charge in [0.25, 0.3) is 0 Å². The van der Waals surface area contributed by atoms with Gasteiger partial charge in [0.2, 0.25) is 12.7 Å². The van der Waals surface area contributed by atoms with Gasteiger partial charge in [-0.2, -0.15) is 5.10 Å². The van der Waals surface area contributed by atoms with E-state index >= 15 is 0 Å². The highest BCUT2D eigenvalue weighted by Crippen LogP contribution is 2.42. The molecule has 33 heavy (non-hydrogen) atoms. The van der Waals surface area contributed by atoms with Crippen LogP contribution < -0.4 is 14.2 Å². The van der Waals surface area contributed by atoms with Gasteiger partial charge in [-0.3, -0.25) is 9.58 Å². The van der Waals surface area contributed by atoms with E-state index in [2.05, 4.69) is 32.3 Å². The first kappa shape index (κ1) is 20.5. The van der Waals surface area contributed by atoms with E-state index in [9.17, 15) is 0 Å². The molecular formula is C25H29N5O3. The van der Waals surface area contributed by atoms with Gasteiger partial charge < -0.3 is 14.2 Å². The van der Waals surface area contributed by atoms with Crippen LogP contribution in [0.3, 0.4) is 0 Å². The van der Waals surface area contributed by atoms with Gasteiger partial charge in [-0.1, -0.05) is 6.07 Å². The molecule has 6 rings (SSSR count). The lowest BCUT2D eigenvalue weighted by molar-refractivity contribution is 0.174. The molecule has 4 heterocycles. The van der Waals surface area contributed by atoms with Crippen LogP contribution in [0.5, 0.6) is 17.4 Å². The number of aryl methyl sites for hydroxylation is 2. The van der Waals surface area contributed by atoms with Crippen molar-refractivity contribution in [1.29, 1.82) is 0 Å². The summed E-state index contributed by atoms with van der Waals surface area (Å²) in [4.78, 5) is 2.58. The van der Waals surface area contributed by atoms with Crippen molar-refractivity contribution >= 4 is 0 Å². The van der Waals surface area contributed by atoms with Crippen molar-refractivity contribution in [3.05, 3.63) is 47.7 Å². The van der Waals surface area contributed by atoms with E-state index in [4.69, 9.17) is 14.2 Å². The van der Waals surface area contributed by atoms with Gasteiger partial charge in [0.15, 0.2) is 11.5 Å². The maximum Gasteiger partial charge on any atom is 0.233 e. The second-order valence-corrected chi connectivity index (χ2v) is 9.61. The minimum Gasteiger partial charge on any atom is -0.476 e. The summed E-state index contributed by atoms with van der Waals surface area (Å²) < 4.78 is 18.8. The first-order chi connectivity index (χ1) is 16.1. The van der Waals surface area contributed by atoms with E-state index in [0.29, 0.717) is 25.2 Å². The molecule has 2 fully saturated rings. The minimum absolute atomic E-state index is 0.329. The van der Waals surface area contributed by atoms with Gasteiger partial charge in [-0.15, -0.1) is 10.2 Å². The zero-order valence-electron chi connectivity index (χ0n) is 19.1. The van der Waals surface area contributed by atoms with Gasteiger partial charge in [0.05, 0.1) is 18.5 Å². The number of rotatable bonds is 6. The first-order valence-electron chi connectivity index (χ1n) is 11.7. The van der Waals surface area contributed by atoms with Crippen LogP contribution in [0.15, 0.2) is 36.5 Å². The standard InChI is InChI=1S/C25H29N5O3/c1-16-10-26-29(2)25(16)21-4-6-24(28-27-21)31-14-18-7-19-12-30(13-20(19)8-18)11-17-3-5-22-23(9-17)33-15-32-22/h3-6,9-10,18-20H,7-8,11-15H2,1-2H3/t18?,19-,20+. The lowest BCUT2D eigenvalue weighted by Crippen LogP contribution is -2.23. The molecule has 1 aliphatic carbocycles. The fourth-order valence-corrected chi connectivity index (χ4v) is 5.73. The summed E-state index contributed by atoms with van der Waals surface area (Å²) in [6.45, 7) is 6.37. The van der Waals surface area contributed by atoms with Crippen molar-refractivity contribution in [2.45, 2.75) is 26.3 Å². The maximum absolute atomic E-state index is 6.02. The van der Waals surface area contributed by atoms with Crippen LogP contribution >= 0.6 is 0 Å². The van der Waals surface area contributed by atoms with Crippen molar-refractivity contribution in [2.24, 2.45) is 24.8 Å². The number of ether oxygens (including phenoxy) is 3. The number of fused-ring (bicyclic) bond motifs is 2. The fourth-order valence-electron chi connectivity index (χ4n) is 5.73. The van der Waals surface area contributed by atoms with E-state index in [1.807, 2.05) is 43.0 Å². The molecule has 0 amide bonds. The Morgan fingerprint density at radius 3 is 2.58 bits per heavy atom. The Morgan fingerprint density at radius 1 is 1.03 bits per heavy atom. The molecule has 172 valence electrons. The molecule has 2 aromatic heterocycles. The predicted octanol–water partition coefficient (Wildman–Crippen LogP) is 3.45. The molecule has 0 bridgehead atoms. The highest BCUT2D eigenvalue weighted by atomic mass is 16.7. The SMILES string of the molecule is Cc1cnn(C)c1-c1ccc(OCC2C[C@@H]3CN(Cc4ccc5c(c4)OCO5)C[C@@H]3C2)nn1. The van der Waals surface area contributed by atoms with Crippen LogP contribution in [0, 0.1) is 24.7 Å². The average molecular weight is 448 g/mol. The molecule has 8 heteroatoms. The summed E-state index contributed by atoms with van der Waals surface area (Å²) in [6, 6.07) is 10.2. The van der Waals surface area contributed by atoms with Crippen LogP contribution in [0.1, 0.15) is 24.0 Å². The van der Waals surface area contributed by atoms with Gasteiger partial charge in [-0.25, -0.2) is 0 Å². The molecule has 0 radical (unpaired) electrons. The van der Waals surface area contributed by atoms with Crippen LogP contribution in [-0.4, -0.2) is 51.4 Å². The average Bonchev–Trinajstić information content (AvgIpc) is 3.57. The Morgan fingerprint density at radius 2 is 1.85 bits per heavy atom. The summed E-state index contributed by atoms with van der Waals surface area (Å²) in [6.07, 6.45) is 4.29. The topological polar surface area (TPSA) is 74.5 Å². The van der Waals surface area contributed by atoms with Crippen molar-refractivity contribution in [3.63, 3.8) is 0 Å². The summed E-state index contributed by atoms with van der Waals surface area (Å²) >= 11 is 0. The lowest BCUT2D eigenvalue weighted by atomic mass is 10.0. The Labute approximate surface area is 193 Å². The number of likely N-dealkylation sites (tertiary alicyclic amines) is 1. The first-order valence-corrected chi connectivity index (χ1v) is 11.7. The smallest absolute Gasteiger partial charge is 0.233 e. The minimum atomic E-state index is 0.329. The molecule has 3 atom stereocenters. The molecule has 1 saturated carbocycles. The highest BCUT2D eigenvalue weighted by molar-refractivity contribution is 5.58. The third-order valence-electron chi connectivity index (χ3n) is 7.24. The van der Waals surface area contributed by atoms with Gasteiger partial charge in [0.1, 0.15) is 5.69 Å². The highest BCUT2D eigenvalue weighted by Gasteiger charge is 2.41. The molecule has 2 aliphatic heterocycles. The van der Waals surface area contributed by atoms with E-state index in [-0.39, 0.29) is 0 Å². The Bertz CT molecular complexity index is 1110. The fraction of sp³-hybridized carbons (Fsp3) is 0.480. The maximum atomic E-state index is 6.02. The molecule has 0 N–H and O–H groups in total. The summed E-state index contributed by atoms with van der Waals surface area (Å²) in [7, 11) is 1.92. The monoisotopic (exact) mass is 447 g/mol. The summed E-state index contributed by atoms with van der Waals surface area (Å²) in [5.41, 5.74) is 4.19. The van der Waals surface area contributed by atoms with Crippen LogP contribution in [-0.2, 0) is 13.6 Å². The van der Waals surface area contributed by atoms with E-state index < -0.39 is 0 Å². The van der Waals surface area contributed by atoms with Crippen LogP contribution in [0.2, 0.25) is 0 Å².